The lowest BCUT2D eigenvalue weighted by molar-refractivity contribution is 0.0947. The van der Waals surface area contributed by atoms with Crippen molar-refractivity contribution >= 4 is 11.6 Å². The van der Waals surface area contributed by atoms with Gasteiger partial charge in [0.05, 0.1) is 17.6 Å². The van der Waals surface area contributed by atoms with E-state index in [2.05, 4.69) is 20.7 Å². The first-order chi connectivity index (χ1) is 10.1. The highest BCUT2D eigenvalue weighted by molar-refractivity contribution is 5.92. The first-order valence-electron chi connectivity index (χ1n) is 7.03. The maximum Gasteiger partial charge on any atom is 0.269 e. The Labute approximate surface area is 124 Å². The Kier molecular flexibility index (Phi) is 4.92. The summed E-state index contributed by atoms with van der Waals surface area (Å²) < 4.78 is 1.96. The summed E-state index contributed by atoms with van der Waals surface area (Å²) in [7, 11) is 1.82. The van der Waals surface area contributed by atoms with E-state index in [1.807, 2.05) is 37.7 Å². The molecule has 21 heavy (non-hydrogen) atoms. The number of carbonyl (C=O) groups excluding carboxylic acids is 1. The molecular weight excluding hydrogens is 266 g/mol. The number of rotatable bonds is 6. The molecule has 0 aliphatic carbocycles. The molecule has 0 unspecified atom stereocenters. The van der Waals surface area contributed by atoms with Gasteiger partial charge in [-0.3, -0.25) is 9.48 Å². The molecule has 0 fully saturated rings. The maximum absolute atomic E-state index is 11.9. The second kappa shape index (κ2) is 6.88. The lowest BCUT2D eigenvalue weighted by atomic mass is 10.3. The van der Waals surface area contributed by atoms with Crippen LogP contribution in [0.25, 0.3) is 0 Å². The maximum atomic E-state index is 11.9. The normalized spacial score (nSPS) is 10.4. The van der Waals surface area contributed by atoms with Crippen LogP contribution >= 0.6 is 0 Å². The van der Waals surface area contributed by atoms with Gasteiger partial charge in [0.2, 0.25) is 0 Å². The minimum absolute atomic E-state index is 0.147. The zero-order chi connectivity index (χ0) is 15.2. The fraction of sp³-hybridized carbons (Fsp3) is 0.400. The molecule has 6 nitrogen and oxygen atoms in total. The van der Waals surface area contributed by atoms with E-state index in [-0.39, 0.29) is 5.91 Å². The van der Waals surface area contributed by atoms with Gasteiger partial charge in [-0.25, -0.2) is 4.98 Å². The first-order valence-corrected chi connectivity index (χ1v) is 7.03. The Balaban J connectivity index is 1.77. The van der Waals surface area contributed by atoms with E-state index in [9.17, 15) is 4.79 Å². The van der Waals surface area contributed by atoms with Crippen LogP contribution in [0.4, 0.5) is 5.69 Å². The Morgan fingerprint density at radius 3 is 2.71 bits per heavy atom. The third kappa shape index (κ3) is 4.05. The number of aryl methyl sites for hydroxylation is 3. The summed E-state index contributed by atoms with van der Waals surface area (Å²) in [5.74, 6) is -0.147. The van der Waals surface area contributed by atoms with Gasteiger partial charge in [0, 0.05) is 25.8 Å². The van der Waals surface area contributed by atoms with Crippen LogP contribution in [-0.2, 0) is 6.54 Å². The van der Waals surface area contributed by atoms with Gasteiger partial charge in [-0.2, -0.15) is 5.10 Å². The number of nitrogens with one attached hydrogen (secondary N) is 2. The molecule has 0 saturated carbocycles. The van der Waals surface area contributed by atoms with Crippen molar-refractivity contribution in [1.29, 1.82) is 0 Å². The van der Waals surface area contributed by atoms with Crippen LogP contribution in [0.2, 0.25) is 0 Å². The standard InChI is InChI=1S/C15H21N5O/c1-11-9-12(2)20(19-11)8-4-7-17-15(21)14-6-5-13(16-3)10-18-14/h5-6,9-10,16H,4,7-8H2,1-3H3,(H,17,21). The first kappa shape index (κ1) is 15.0. The molecule has 0 aliphatic rings. The fourth-order valence-corrected chi connectivity index (χ4v) is 2.10. The lowest BCUT2D eigenvalue weighted by Gasteiger charge is -2.07. The average Bonchev–Trinajstić information content (AvgIpc) is 2.81. The quantitative estimate of drug-likeness (QED) is 0.794. The van der Waals surface area contributed by atoms with Crippen LogP contribution < -0.4 is 10.6 Å². The van der Waals surface area contributed by atoms with E-state index in [0.29, 0.717) is 12.2 Å². The second-order valence-electron chi connectivity index (χ2n) is 4.94. The smallest absolute Gasteiger partial charge is 0.269 e. The van der Waals surface area contributed by atoms with Crippen molar-refractivity contribution < 1.29 is 4.79 Å². The lowest BCUT2D eigenvalue weighted by Crippen LogP contribution is -2.26. The number of pyridine rings is 1. The highest BCUT2D eigenvalue weighted by Crippen LogP contribution is 2.05. The van der Waals surface area contributed by atoms with Crippen LogP contribution in [0, 0.1) is 13.8 Å². The summed E-state index contributed by atoms with van der Waals surface area (Å²) in [5, 5.41) is 10.2. The molecule has 0 bridgehead atoms. The third-order valence-corrected chi connectivity index (χ3v) is 3.22. The molecule has 2 aromatic rings. The highest BCUT2D eigenvalue weighted by atomic mass is 16.1. The Morgan fingerprint density at radius 2 is 2.14 bits per heavy atom. The van der Waals surface area contributed by atoms with Gasteiger partial charge in [-0.1, -0.05) is 0 Å². The topological polar surface area (TPSA) is 71.8 Å². The summed E-state index contributed by atoms with van der Waals surface area (Å²) in [6, 6.07) is 5.59. The summed E-state index contributed by atoms with van der Waals surface area (Å²) in [6.45, 7) is 5.41. The van der Waals surface area contributed by atoms with Gasteiger partial charge in [-0.05, 0) is 38.5 Å². The van der Waals surface area contributed by atoms with Crippen LogP contribution in [0.5, 0.6) is 0 Å². The van der Waals surface area contributed by atoms with E-state index >= 15 is 0 Å². The number of nitrogens with zero attached hydrogens (tertiary/aromatic N) is 3. The van der Waals surface area contributed by atoms with Crippen LogP contribution in [-0.4, -0.2) is 34.3 Å². The molecule has 0 aromatic carbocycles. The van der Waals surface area contributed by atoms with Crippen molar-refractivity contribution in [2.75, 3.05) is 18.9 Å². The number of aromatic nitrogens is 3. The van der Waals surface area contributed by atoms with Crippen molar-refractivity contribution in [2.45, 2.75) is 26.8 Å². The summed E-state index contributed by atoms with van der Waals surface area (Å²) in [5.41, 5.74) is 3.48. The van der Waals surface area contributed by atoms with E-state index in [1.54, 1.807) is 12.3 Å². The molecule has 2 N–H and O–H groups in total. The van der Waals surface area contributed by atoms with Gasteiger partial charge in [0.1, 0.15) is 5.69 Å². The SMILES string of the molecule is CNc1ccc(C(=O)NCCCn2nc(C)cc2C)nc1. The Morgan fingerprint density at radius 1 is 1.33 bits per heavy atom. The van der Waals surface area contributed by atoms with Crippen molar-refractivity contribution in [3.05, 3.63) is 41.5 Å². The largest absolute Gasteiger partial charge is 0.387 e. The van der Waals surface area contributed by atoms with Crippen LogP contribution in [0.1, 0.15) is 28.3 Å². The Hall–Kier alpha value is -2.37. The minimum Gasteiger partial charge on any atom is -0.387 e. The second-order valence-corrected chi connectivity index (χ2v) is 4.94. The average molecular weight is 287 g/mol. The molecule has 1 amide bonds. The predicted octanol–water partition coefficient (Wildman–Crippen LogP) is 1.76. The molecule has 0 saturated heterocycles. The Bertz CT molecular complexity index is 603. The summed E-state index contributed by atoms with van der Waals surface area (Å²) >= 11 is 0. The zero-order valence-corrected chi connectivity index (χ0v) is 12.7. The molecule has 0 aliphatic heterocycles. The van der Waals surface area contributed by atoms with Crippen molar-refractivity contribution in [3.63, 3.8) is 0 Å². The van der Waals surface area contributed by atoms with Crippen molar-refractivity contribution in [2.24, 2.45) is 0 Å². The van der Waals surface area contributed by atoms with Gasteiger partial charge >= 0.3 is 0 Å². The molecule has 2 rings (SSSR count). The summed E-state index contributed by atoms with van der Waals surface area (Å²) in [6.07, 6.45) is 2.48. The van der Waals surface area contributed by atoms with Gasteiger partial charge in [0.25, 0.3) is 5.91 Å². The molecule has 0 atom stereocenters. The number of anilines is 1. The zero-order valence-electron chi connectivity index (χ0n) is 12.7. The number of carbonyl (C=O) groups is 1. The molecule has 2 aromatic heterocycles. The summed E-state index contributed by atoms with van der Waals surface area (Å²) in [4.78, 5) is 16.0. The number of amides is 1. The van der Waals surface area contributed by atoms with Gasteiger partial charge in [-0.15, -0.1) is 0 Å². The molecular formula is C15H21N5O. The van der Waals surface area contributed by atoms with Crippen molar-refractivity contribution in [3.8, 4) is 0 Å². The number of hydrogen-bond acceptors (Lipinski definition) is 4. The third-order valence-electron chi connectivity index (χ3n) is 3.22. The fourth-order valence-electron chi connectivity index (χ4n) is 2.10. The van der Waals surface area contributed by atoms with E-state index in [0.717, 1.165) is 30.0 Å². The van der Waals surface area contributed by atoms with Crippen LogP contribution in [0.15, 0.2) is 24.4 Å². The van der Waals surface area contributed by atoms with Gasteiger partial charge in [0.15, 0.2) is 0 Å². The number of hydrogen-bond donors (Lipinski definition) is 2. The monoisotopic (exact) mass is 287 g/mol. The minimum atomic E-state index is -0.147. The molecule has 0 radical (unpaired) electrons. The van der Waals surface area contributed by atoms with Crippen molar-refractivity contribution in [1.82, 2.24) is 20.1 Å². The van der Waals surface area contributed by atoms with Gasteiger partial charge < -0.3 is 10.6 Å². The molecule has 2 heterocycles. The van der Waals surface area contributed by atoms with E-state index in [1.165, 1.54) is 0 Å². The highest BCUT2D eigenvalue weighted by Gasteiger charge is 2.06. The molecule has 112 valence electrons. The molecule has 0 spiro atoms. The predicted molar refractivity (Wildman–Crippen MR) is 82.4 cm³/mol. The van der Waals surface area contributed by atoms with E-state index in [4.69, 9.17) is 0 Å². The van der Waals surface area contributed by atoms with Crippen LogP contribution in [0.3, 0.4) is 0 Å². The van der Waals surface area contributed by atoms with E-state index < -0.39 is 0 Å². The molecule has 6 heteroatoms.